The third kappa shape index (κ3) is 82.9. The van der Waals surface area contributed by atoms with Gasteiger partial charge in [0.05, 0.1) is 0 Å². The van der Waals surface area contributed by atoms with Crippen LogP contribution in [-0.4, -0.2) is 366 Å². The Morgan fingerprint density at radius 1 is 0.714 bits per heavy atom. The molecule has 0 saturated heterocycles. The molecule has 0 bridgehead atoms. The Bertz CT molecular complexity index is 37.2. The van der Waals surface area contributed by atoms with Crippen LogP contribution in [0.25, 0.3) is 6.15 Å². The van der Waals surface area contributed by atoms with Crippen LogP contribution in [0.3, 0.4) is 0 Å². The van der Waals surface area contributed by atoms with Crippen LogP contribution >= 0.6 is 0 Å². The van der Waals surface area contributed by atoms with E-state index in [-0.39, 0.29) is 452 Å². The molecule has 0 amide bonds. The first kappa shape index (κ1) is 79.8. The summed E-state index contributed by atoms with van der Waals surface area (Å²) in [6.45, 7) is 1.44. The number of aldehydes is 1. The van der Waals surface area contributed by atoms with Crippen molar-refractivity contribution in [1.82, 2.24) is 0 Å². The maximum Gasteiger partial charge on any atom is 0.116 e. The number of nitrogens with two attached hydrogens (primary N) is 1. The molecule has 14 heavy (non-hydrogen) atoms. The van der Waals surface area contributed by atoms with Crippen molar-refractivity contribution in [1.29, 1.82) is 0 Å². The zero-order valence-electron chi connectivity index (χ0n) is 11.1. The summed E-state index contributed by atoms with van der Waals surface area (Å²) in [5.41, 5.74) is 0. The Balaban J connectivity index is -0.000000000364. The summed E-state index contributed by atoms with van der Waals surface area (Å²) >= 11 is 0. The molecule has 0 aliphatic heterocycles. The molecule has 0 fully saturated rings. The molecule has 0 rings (SSSR count). The molecule has 2 nitrogen and oxygen atoms in total. The minimum Gasteiger partial charge on any atom is -0.693 e. The Morgan fingerprint density at radius 3 is 0.714 bits per heavy atom. The number of hydrogen-bond acceptors (Lipinski definition) is 1. The van der Waals surface area contributed by atoms with Crippen LogP contribution in [-0.2, 0) is 91.3 Å². The van der Waals surface area contributed by atoms with E-state index in [1.54, 1.807) is 0 Å². The molecule has 0 saturated carbocycles. The van der Waals surface area contributed by atoms with Gasteiger partial charge in [-0.15, -0.1) is 0 Å². The van der Waals surface area contributed by atoms with Gasteiger partial charge in [-0.2, -0.15) is 0 Å². The Kier molecular flexibility index (Phi) is 462. The SMILES string of the molecule is CC=O.[K].[K].[K].[K].[K].[K].[K].[NH2-].[W].[Y].[Y]. The average molecular weight is 695 g/mol. The summed E-state index contributed by atoms with van der Waals surface area (Å²) in [7, 11) is 0. The smallest absolute Gasteiger partial charge is 0.116 e. The van der Waals surface area contributed by atoms with Crippen molar-refractivity contribution in [2.24, 2.45) is 0 Å². The fraction of sp³-hybridized carbons (Fsp3) is 0.500. The minimum atomic E-state index is 0. The molecule has 0 unspecified atom stereocenters. The van der Waals surface area contributed by atoms with Gasteiger partial charge in [-0.05, 0) is 6.92 Å². The molecular formula is C2H6K7NOWY2-. The van der Waals surface area contributed by atoms with E-state index in [1.807, 2.05) is 0 Å². The maximum absolute atomic E-state index is 8.81. The molecule has 0 aromatic carbocycles. The topological polar surface area (TPSA) is 50.6 Å². The van der Waals surface area contributed by atoms with E-state index in [9.17, 15) is 0 Å². The molecule has 0 atom stereocenters. The molecule has 0 heterocycles. The van der Waals surface area contributed by atoms with Crippen LogP contribution in [0.15, 0.2) is 0 Å². The summed E-state index contributed by atoms with van der Waals surface area (Å²) < 4.78 is 0. The summed E-state index contributed by atoms with van der Waals surface area (Å²) in [6.07, 6.45) is 0.750. The summed E-state index contributed by atoms with van der Waals surface area (Å²) in [6, 6.07) is 0. The number of carbonyl (C=O) groups excluding carboxylic acids is 1. The second kappa shape index (κ2) is 81.2. The second-order valence-corrected chi connectivity index (χ2v) is 0.236. The van der Waals surface area contributed by atoms with Crippen molar-refractivity contribution in [3.8, 4) is 0 Å². The number of hydrogen-bond donors (Lipinski definition) is 0. The van der Waals surface area contributed by atoms with Gasteiger partial charge in [-0.25, -0.2) is 0 Å². The molecular weight excluding hydrogens is 689 g/mol. The summed E-state index contributed by atoms with van der Waals surface area (Å²) in [5, 5.41) is 0. The monoisotopic (exact) mass is 695 g/mol. The molecule has 0 spiro atoms. The largest absolute Gasteiger partial charge is 0.693 e. The predicted octanol–water partition coefficient (Wildman–Crippen LogP) is -1.75. The number of carbonyl (C=O) groups is 1. The second-order valence-electron chi connectivity index (χ2n) is 0.236. The van der Waals surface area contributed by atoms with Crippen LogP contribution in [0.4, 0.5) is 0 Å². The molecule has 0 aromatic rings. The Hall–Kier alpha value is 14.0. The maximum atomic E-state index is 8.81. The number of rotatable bonds is 0. The standard InChI is InChI=1S/C2H4O.7K.H2N.W.2Y/c1-2-3;;;;;;;;;;;/h2H,1H3;;;;;;;;1H2;;;/q;;;;;;;;-1;;;. The van der Waals surface area contributed by atoms with Crippen molar-refractivity contribution >= 4 is 366 Å². The van der Waals surface area contributed by atoms with E-state index in [0.717, 1.165) is 6.29 Å². The van der Waals surface area contributed by atoms with Gasteiger partial charge in [0.15, 0.2) is 0 Å². The van der Waals surface area contributed by atoms with E-state index in [0.29, 0.717) is 0 Å². The molecule has 0 aromatic heterocycles. The fourth-order valence-corrected chi connectivity index (χ4v) is 0. The average Bonchev–Trinajstić information content (AvgIpc) is 0.918. The fourth-order valence-electron chi connectivity index (χ4n) is 0. The van der Waals surface area contributed by atoms with Gasteiger partial charge in [-0.3, -0.25) is 0 Å². The first-order valence-corrected chi connectivity index (χ1v) is 0.813. The first-order chi connectivity index (χ1) is 1.41. The van der Waals surface area contributed by atoms with Gasteiger partial charge in [0, 0.05) is 446 Å². The Morgan fingerprint density at radius 2 is 0.714 bits per heavy atom. The van der Waals surface area contributed by atoms with E-state index in [4.69, 9.17) is 4.79 Å². The molecule has 12 heteroatoms. The van der Waals surface area contributed by atoms with Crippen LogP contribution in [0.1, 0.15) is 6.92 Å². The van der Waals surface area contributed by atoms with E-state index in [2.05, 4.69) is 0 Å². The van der Waals surface area contributed by atoms with Gasteiger partial charge < -0.3 is 10.9 Å². The van der Waals surface area contributed by atoms with Gasteiger partial charge in [0.1, 0.15) is 6.29 Å². The van der Waals surface area contributed by atoms with Crippen molar-refractivity contribution in [3.05, 3.63) is 6.15 Å². The van der Waals surface area contributed by atoms with E-state index >= 15 is 0 Å². The van der Waals surface area contributed by atoms with E-state index in [1.165, 1.54) is 6.92 Å². The third-order valence-electron chi connectivity index (χ3n) is 0. The van der Waals surface area contributed by atoms with Crippen LogP contribution in [0, 0.1) is 0 Å². The predicted molar refractivity (Wildman–Crippen MR) is 57.3 cm³/mol. The van der Waals surface area contributed by atoms with Gasteiger partial charge in [0.25, 0.3) is 0 Å². The first-order valence-electron chi connectivity index (χ1n) is 0.813. The molecule has 45 valence electrons. The third-order valence-corrected chi connectivity index (χ3v) is 0. The quantitative estimate of drug-likeness (QED) is 0.220. The normalized spacial score (nSPS) is 0.929. The van der Waals surface area contributed by atoms with Crippen molar-refractivity contribution in [2.45, 2.75) is 6.92 Å². The molecule has 9 radical (unpaired) electrons. The van der Waals surface area contributed by atoms with Crippen molar-refractivity contribution in [3.63, 3.8) is 0 Å². The van der Waals surface area contributed by atoms with Crippen molar-refractivity contribution in [2.75, 3.05) is 0 Å². The van der Waals surface area contributed by atoms with Gasteiger partial charge >= 0.3 is 0 Å². The molecule has 0 aliphatic rings. The van der Waals surface area contributed by atoms with Crippen LogP contribution in [0.2, 0.25) is 0 Å². The summed E-state index contributed by atoms with van der Waals surface area (Å²) in [4.78, 5) is 8.81. The Labute approximate surface area is 451 Å². The van der Waals surface area contributed by atoms with Gasteiger partial charge in [-0.1, -0.05) is 0 Å². The zero-order valence-corrected chi connectivity index (χ0v) is 41.6. The van der Waals surface area contributed by atoms with Crippen LogP contribution in [0.5, 0.6) is 0 Å². The minimum absolute atomic E-state index is 0. The molecule has 2 N–H and O–H groups in total. The van der Waals surface area contributed by atoms with E-state index < -0.39 is 0 Å². The van der Waals surface area contributed by atoms with Crippen molar-refractivity contribution < 1.29 is 91.3 Å². The van der Waals surface area contributed by atoms with Gasteiger partial charge in [0.2, 0.25) is 0 Å². The summed E-state index contributed by atoms with van der Waals surface area (Å²) in [5.74, 6) is 0. The van der Waals surface area contributed by atoms with Crippen LogP contribution < -0.4 is 0 Å². The molecule has 0 aliphatic carbocycles. The zero-order chi connectivity index (χ0) is 2.71.